The van der Waals surface area contributed by atoms with Crippen molar-refractivity contribution in [2.24, 2.45) is 5.92 Å². The van der Waals surface area contributed by atoms with E-state index in [1.54, 1.807) is 0 Å². The fourth-order valence-electron chi connectivity index (χ4n) is 1.27. The molecule has 5 heteroatoms. The van der Waals surface area contributed by atoms with Gasteiger partial charge in [-0.3, -0.25) is 14.5 Å². The van der Waals surface area contributed by atoms with Crippen LogP contribution in [0.1, 0.15) is 13.3 Å². The molecule has 1 rings (SSSR count). The van der Waals surface area contributed by atoms with Crippen LogP contribution in [-0.2, 0) is 14.3 Å². The van der Waals surface area contributed by atoms with Crippen LogP contribution in [0.25, 0.3) is 0 Å². The summed E-state index contributed by atoms with van der Waals surface area (Å²) in [5.41, 5.74) is 0. The number of hydrogen-bond acceptors (Lipinski definition) is 3. The summed E-state index contributed by atoms with van der Waals surface area (Å²) in [5.74, 6) is -0.109. The zero-order valence-corrected chi connectivity index (χ0v) is 9.75. The molecule has 0 aromatic rings. The molecule has 0 aromatic carbocycles. The Kier molecular flexibility index (Phi) is 4.54. The van der Waals surface area contributed by atoms with E-state index in [9.17, 15) is 9.59 Å². The Morgan fingerprint density at radius 2 is 2.00 bits per heavy atom. The molecule has 0 saturated carbocycles. The second kappa shape index (κ2) is 5.46. The Labute approximate surface area is 91.7 Å². The highest BCUT2D eigenvalue weighted by molar-refractivity contribution is 9.09. The lowest BCUT2D eigenvalue weighted by atomic mass is 10.1. The lowest BCUT2D eigenvalue weighted by molar-refractivity contribution is -0.159. The van der Waals surface area contributed by atoms with E-state index in [0.29, 0.717) is 12.5 Å². The molecule has 14 heavy (non-hydrogen) atoms. The summed E-state index contributed by atoms with van der Waals surface area (Å²) < 4.78 is 4.82. The summed E-state index contributed by atoms with van der Waals surface area (Å²) in [6.07, 6.45) is 0.948. The number of ether oxygens (including phenoxy) is 1. The normalized spacial score (nSPS) is 20.0. The van der Waals surface area contributed by atoms with Crippen LogP contribution in [0.3, 0.4) is 0 Å². The van der Waals surface area contributed by atoms with E-state index in [1.165, 1.54) is 4.90 Å². The topological polar surface area (TPSA) is 46.6 Å². The van der Waals surface area contributed by atoms with E-state index in [1.807, 2.05) is 6.92 Å². The first-order chi connectivity index (χ1) is 6.69. The maximum absolute atomic E-state index is 11.3. The van der Waals surface area contributed by atoms with Gasteiger partial charge in [0.1, 0.15) is 13.2 Å². The van der Waals surface area contributed by atoms with E-state index in [-0.39, 0.29) is 25.0 Å². The maximum Gasteiger partial charge on any atom is 0.255 e. The molecular weight excluding hydrogens is 250 g/mol. The van der Waals surface area contributed by atoms with Crippen molar-refractivity contribution < 1.29 is 14.3 Å². The van der Waals surface area contributed by atoms with Crippen LogP contribution < -0.4 is 0 Å². The van der Waals surface area contributed by atoms with E-state index in [2.05, 4.69) is 15.9 Å². The minimum absolute atomic E-state index is 0.0322. The molecule has 1 fully saturated rings. The van der Waals surface area contributed by atoms with Crippen molar-refractivity contribution in [3.63, 3.8) is 0 Å². The maximum atomic E-state index is 11.3. The third-order valence-corrected chi connectivity index (χ3v) is 3.21. The van der Waals surface area contributed by atoms with Gasteiger partial charge in [-0.25, -0.2) is 0 Å². The van der Waals surface area contributed by atoms with Crippen LogP contribution in [0.4, 0.5) is 0 Å². The van der Waals surface area contributed by atoms with Crippen molar-refractivity contribution in [2.75, 3.05) is 25.1 Å². The van der Waals surface area contributed by atoms with Gasteiger partial charge in [-0.05, 0) is 5.92 Å². The summed E-state index contributed by atoms with van der Waals surface area (Å²) in [5, 5.41) is 0.807. The van der Waals surface area contributed by atoms with Crippen LogP contribution in [0.5, 0.6) is 0 Å². The second-order valence-electron chi connectivity index (χ2n) is 3.32. The summed E-state index contributed by atoms with van der Waals surface area (Å²) in [4.78, 5) is 24.0. The fourth-order valence-corrected chi connectivity index (χ4v) is 1.93. The lowest BCUT2D eigenvalue weighted by Gasteiger charge is -2.27. The predicted octanol–water partition coefficient (Wildman–Crippen LogP) is 0.793. The molecule has 0 N–H and O–H groups in total. The molecule has 0 spiro atoms. The zero-order valence-electron chi connectivity index (χ0n) is 8.16. The molecule has 0 bridgehead atoms. The van der Waals surface area contributed by atoms with Crippen LogP contribution >= 0.6 is 15.9 Å². The molecule has 1 aliphatic rings. The number of halogens is 1. The van der Waals surface area contributed by atoms with E-state index >= 15 is 0 Å². The highest BCUT2D eigenvalue weighted by Gasteiger charge is 2.27. The van der Waals surface area contributed by atoms with Crippen molar-refractivity contribution in [1.29, 1.82) is 0 Å². The van der Waals surface area contributed by atoms with Crippen LogP contribution in [0.15, 0.2) is 0 Å². The molecule has 0 radical (unpaired) electrons. The molecule has 0 aliphatic carbocycles. The van der Waals surface area contributed by atoms with Crippen molar-refractivity contribution in [2.45, 2.75) is 13.3 Å². The van der Waals surface area contributed by atoms with Gasteiger partial charge in [0.05, 0.1) is 0 Å². The highest BCUT2D eigenvalue weighted by atomic mass is 79.9. The largest absolute Gasteiger partial charge is 0.362 e. The van der Waals surface area contributed by atoms with Crippen LogP contribution in [0.2, 0.25) is 0 Å². The number of imide groups is 1. The van der Waals surface area contributed by atoms with Gasteiger partial charge in [0.15, 0.2) is 0 Å². The van der Waals surface area contributed by atoms with Gasteiger partial charge in [-0.1, -0.05) is 29.3 Å². The number of morpholine rings is 1. The quantitative estimate of drug-likeness (QED) is 0.557. The summed E-state index contributed by atoms with van der Waals surface area (Å²) in [7, 11) is 0. The lowest BCUT2D eigenvalue weighted by Crippen LogP contribution is -2.48. The number of hydrogen-bond donors (Lipinski definition) is 0. The summed E-state index contributed by atoms with van der Waals surface area (Å²) in [6, 6.07) is 0. The minimum Gasteiger partial charge on any atom is -0.362 e. The predicted molar refractivity (Wildman–Crippen MR) is 55.1 cm³/mol. The number of carbonyl (C=O) groups excluding carboxylic acids is 2. The van der Waals surface area contributed by atoms with Gasteiger partial charge in [0.25, 0.3) is 11.8 Å². The van der Waals surface area contributed by atoms with Gasteiger partial charge in [0.2, 0.25) is 0 Å². The number of carbonyl (C=O) groups is 2. The van der Waals surface area contributed by atoms with Crippen LogP contribution in [0, 0.1) is 5.92 Å². The van der Waals surface area contributed by atoms with E-state index in [4.69, 9.17) is 4.74 Å². The second-order valence-corrected chi connectivity index (χ2v) is 3.97. The molecular formula is C9H14BrNO3. The van der Waals surface area contributed by atoms with Crippen molar-refractivity contribution in [1.82, 2.24) is 4.90 Å². The van der Waals surface area contributed by atoms with Gasteiger partial charge in [-0.15, -0.1) is 0 Å². The Hall–Kier alpha value is -0.420. The molecule has 1 atom stereocenters. The van der Waals surface area contributed by atoms with Crippen LogP contribution in [-0.4, -0.2) is 41.8 Å². The molecule has 80 valence electrons. The SMILES string of the molecule is CCC(CBr)CN1C(=O)COCC1=O. The summed E-state index contributed by atoms with van der Waals surface area (Å²) >= 11 is 3.36. The molecule has 1 saturated heterocycles. The van der Waals surface area contributed by atoms with Gasteiger partial charge < -0.3 is 4.74 Å². The van der Waals surface area contributed by atoms with Gasteiger partial charge in [-0.2, -0.15) is 0 Å². The number of rotatable bonds is 4. The average Bonchev–Trinajstić information content (AvgIpc) is 2.18. The monoisotopic (exact) mass is 263 g/mol. The first-order valence-electron chi connectivity index (χ1n) is 4.66. The highest BCUT2D eigenvalue weighted by Crippen LogP contribution is 2.11. The van der Waals surface area contributed by atoms with Crippen molar-refractivity contribution in [3.05, 3.63) is 0 Å². The average molecular weight is 264 g/mol. The molecule has 0 aromatic heterocycles. The molecule has 1 unspecified atom stereocenters. The Morgan fingerprint density at radius 1 is 1.43 bits per heavy atom. The Bertz CT molecular complexity index is 212. The van der Waals surface area contributed by atoms with E-state index in [0.717, 1.165) is 11.8 Å². The smallest absolute Gasteiger partial charge is 0.255 e. The Morgan fingerprint density at radius 3 is 2.43 bits per heavy atom. The summed E-state index contributed by atoms with van der Waals surface area (Å²) in [6.45, 7) is 2.61. The van der Waals surface area contributed by atoms with Gasteiger partial charge >= 0.3 is 0 Å². The van der Waals surface area contributed by atoms with Crippen molar-refractivity contribution >= 4 is 27.7 Å². The molecule has 1 aliphatic heterocycles. The first kappa shape index (κ1) is 11.7. The fraction of sp³-hybridized carbons (Fsp3) is 0.778. The third-order valence-electron chi connectivity index (χ3n) is 2.29. The standard InChI is InChI=1S/C9H14BrNO3/c1-2-7(3-10)4-11-8(12)5-14-6-9(11)13/h7H,2-6H2,1H3. The van der Waals surface area contributed by atoms with Gasteiger partial charge in [0, 0.05) is 11.9 Å². The zero-order chi connectivity index (χ0) is 10.6. The van der Waals surface area contributed by atoms with Crippen molar-refractivity contribution in [3.8, 4) is 0 Å². The number of nitrogens with zero attached hydrogens (tertiary/aromatic N) is 1. The first-order valence-corrected chi connectivity index (χ1v) is 5.78. The number of amides is 2. The minimum atomic E-state index is -0.222. The number of alkyl halides is 1. The molecule has 1 heterocycles. The molecule has 2 amide bonds. The Balaban J connectivity index is 2.55. The van der Waals surface area contributed by atoms with E-state index < -0.39 is 0 Å². The third kappa shape index (κ3) is 2.78. The molecule has 4 nitrogen and oxygen atoms in total.